The summed E-state index contributed by atoms with van der Waals surface area (Å²) in [5.41, 5.74) is 6.10. The van der Waals surface area contributed by atoms with Gasteiger partial charge < -0.3 is 11.1 Å². The highest BCUT2D eigenvalue weighted by atomic mass is 79.9. The summed E-state index contributed by atoms with van der Waals surface area (Å²) in [6.07, 6.45) is 1.52. The predicted octanol–water partition coefficient (Wildman–Crippen LogP) is 4.74. The van der Waals surface area contributed by atoms with E-state index in [1.807, 2.05) is 0 Å². The van der Waals surface area contributed by atoms with Crippen molar-refractivity contribution in [1.82, 2.24) is 4.98 Å². The van der Waals surface area contributed by atoms with Crippen molar-refractivity contribution in [2.45, 2.75) is 0 Å². The van der Waals surface area contributed by atoms with Crippen LogP contribution in [0.15, 0.2) is 41.0 Å². The highest BCUT2D eigenvalue weighted by Crippen LogP contribution is 2.32. The molecule has 0 unspecified atom stereocenters. The Morgan fingerprint density at radius 3 is 2.55 bits per heavy atom. The average Bonchev–Trinajstić information content (AvgIpc) is 2.50. The quantitative estimate of drug-likeness (QED) is 0.508. The minimum atomic E-state index is -1.53. The van der Waals surface area contributed by atoms with Crippen molar-refractivity contribution in [2.75, 3.05) is 11.1 Å². The van der Waals surface area contributed by atoms with Crippen molar-refractivity contribution in [3.05, 3.63) is 58.5 Å². The maximum Gasteiger partial charge on any atom is 0.196 e. The Morgan fingerprint density at radius 2 is 1.77 bits per heavy atom. The third-order valence-electron chi connectivity index (χ3n) is 3.15. The number of nitrogens with one attached hydrogen (secondary N) is 1. The standard InChI is InChI=1S/C15H9BrF3N3/c16-10-6-21-15(8-2-1-7(20)5-9(8)10)22-12-4-3-11(17)13(18)14(12)19/h1-6H,20H2,(H,21,22). The first-order valence-electron chi connectivity index (χ1n) is 6.21. The fourth-order valence-corrected chi connectivity index (χ4v) is 2.51. The van der Waals surface area contributed by atoms with Crippen molar-refractivity contribution in [1.29, 1.82) is 0 Å². The van der Waals surface area contributed by atoms with Gasteiger partial charge in [0.15, 0.2) is 17.5 Å². The van der Waals surface area contributed by atoms with E-state index in [1.54, 1.807) is 18.2 Å². The Bertz CT molecular complexity index is 884. The molecule has 0 fully saturated rings. The Labute approximate surface area is 132 Å². The first-order valence-corrected chi connectivity index (χ1v) is 7.01. The van der Waals surface area contributed by atoms with E-state index in [9.17, 15) is 13.2 Å². The van der Waals surface area contributed by atoms with E-state index in [-0.39, 0.29) is 5.69 Å². The molecule has 1 aromatic heterocycles. The van der Waals surface area contributed by atoms with Crippen molar-refractivity contribution in [3.63, 3.8) is 0 Å². The molecule has 7 heteroatoms. The molecular weight excluding hydrogens is 359 g/mol. The molecule has 0 radical (unpaired) electrons. The summed E-state index contributed by atoms with van der Waals surface area (Å²) in [7, 11) is 0. The van der Waals surface area contributed by atoms with Crippen LogP contribution in [0.25, 0.3) is 10.8 Å². The van der Waals surface area contributed by atoms with Gasteiger partial charge in [-0.1, -0.05) is 0 Å². The molecule has 3 N–H and O–H groups in total. The molecule has 0 aliphatic carbocycles. The first-order chi connectivity index (χ1) is 10.5. The van der Waals surface area contributed by atoms with Crippen LogP contribution >= 0.6 is 15.9 Å². The molecule has 0 amide bonds. The maximum atomic E-state index is 13.8. The van der Waals surface area contributed by atoms with Gasteiger partial charge in [-0.05, 0) is 46.3 Å². The smallest absolute Gasteiger partial charge is 0.196 e. The number of anilines is 3. The summed E-state index contributed by atoms with van der Waals surface area (Å²) in [4.78, 5) is 4.14. The van der Waals surface area contributed by atoms with Crippen molar-refractivity contribution < 1.29 is 13.2 Å². The number of hydrogen-bond donors (Lipinski definition) is 2. The highest BCUT2D eigenvalue weighted by Gasteiger charge is 2.15. The molecule has 3 nitrogen and oxygen atoms in total. The van der Waals surface area contributed by atoms with Crippen LogP contribution in [0.2, 0.25) is 0 Å². The highest BCUT2D eigenvalue weighted by molar-refractivity contribution is 9.10. The molecule has 0 bridgehead atoms. The van der Waals surface area contributed by atoms with Gasteiger partial charge in [0.2, 0.25) is 0 Å². The SMILES string of the molecule is Nc1ccc2c(Nc3ccc(F)c(F)c3F)ncc(Br)c2c1. The summed E-state index contributed by atoms with van der Waals surface area (Å²) in [5.74, 6) is -3.77. The Kier molecular flexibility index (Phi) is 3.66. The minimum absolute atomic E-state index is 0.202. The van der Waals surface area contributed by atoms with Gasteiger partial charge in [0.25, 0.3) is 0 Å². The van der Waals surface area contributed by atoms with E-state index >= 15 is 0 Å². The zero-order chi connectivity index (χ0) is 15.9. The number of benzene rings is 2. The van der Waals surface area contributed by atoms with Gasteiger partial charge in [-0.2, -0.15) is 0 Å². The molecule has 0 aliphatic rings. The van der Waals surface area contributed by atoms with Crippen molar-refractivity contribution >= 4 is 43.9 Å². The normalized spacial score (nSPS) is 10.9. The molecule has 0 aliphatic heterocycles. The van der Waals surface area contributed by atoms with Crippen LogP contribution in [-0.4, -0.2) is 4.98 Å². The Morgan fingerprint density at radius 1 is 1.00 bits per heavy atom. The summed E-state index contributed by atoms with van der Waals surface area (Å²) >= 11 is 3.36. The second-order valence-corrected chi connectivity index (χ2v) is 5.46. The lowest BCUT2D eigenvalue weighted by atomic mass is 10.1. The molecule has 112 valence electrons. The van der Waals surface area contributed by atoms with Gasteiger partial charge in [-0.3, -0.25) is 0 Å². The van der Waals surface area contributed by atoms with Gasteiger partial charge >= 0.3 is 0 Å². The molecule has 1 heterocycles. The molecule has 0 saturated heterocycles. The number of hydrogen-bond acceptors (Lipinski definition) is 3. The summed E-state index contributed by atoms with van der Waals surface area (Å²) in [6, 6.07) is 7.07. The van der Waals surface area contributed by atoms with Gasteiger partial charge in [0.1, 0.15) is 5.82 Å². The maximum absolute atomic E-state index is 13.8. The molecule has 0 spiro atoms. The van der Waals surface area contributed by atoms with Crippen LogP contribution in [0.3, 0.4) is 0 Å². The van der Waals surface area contributed by atoms with E-state index < -0.39 is 17.5 Å². The third-order valence-corrected chi connectivity index (χ3v) is 3.78. The second kappa shape index (κ2) is 5.49. The van der Waals surface area contributed by atoms with E-state index in [1.165, 1.54) is 6.20 Å². The Hall–Kier alpha value is -2.28. The summed E-state index contributed by atoms with van der Waals surface area (Å²) in [6.45, 7) is 0. The van der Waals surface area contributed by atoms with Crippen molar-refractivity contribution in [3.8, 4) is 0 Å². The predicted molar refractivity (Wildman–Crippen MR) is 83.5 cm³/mol. The lowest BCUT2D eigenvalue weighted by Gasteiger charge is -2.11. The third kappa shape index (κ3) is 2.48. The fraction of sp³-hybridized carbons (Fsp3) is 0. The van der Waals surface area contributed by atoms with Crippen LogP contribution in [0, 0.1) is 17.5 Å². The molecule has 3 rings (SSSR count). The number of aromatic nitrogens is 1. The van der Waals surface area contributed by atoms with Crippen LogP contribution in [0.4, 0.5) is 30.4 Å². The molecule has 22 heavy (non-hydrogen) atoms. The Balaban J connectivity index is 2.12. The van der Waals surface area contributed by atoms with Crippen molar-refractivity contribution in [2.24, 2.45) is 0 Å². The molecule has 2 aromatic carbocycles. The van der Waals surface area contributed by atoms with E-state index in [4.69, 9.17) is 5.73 Å². The first kappa shape index (κ1) is 14.6. The second-order valence-electron chi connectivity index (χ2n) is 4.61. The van der Waals surface area contributed by atoms with Crippen LogP contribution in [0.1, 0.15) is 0 Å². The average molecular weight is 368 g/mol. The largest absolute Gasteiger partial charge is 0.399 e. The number of pyridine rings is 1. The van der Waals surface area contributed by atoms with Gasteiger partial charge in [0.05, 0.1) is 5.69 Å². The molecule has 3 aromatic rings. The summed E-state index contributed by atoms with van der Waals surface area (Å²) < 4.78 is 40.7. The van der Waals surface area contributed by atoms with Gasteiger partial charge in [-0.25, -0.2) is 18.2 Å². The van der Waals surface area contributed by atoms with E-state index in [0.717, 1.165) is 17.5 Å². The van der Waals surface area contributed by atoms with E-state index in [2.05, 4.69) is 26.2 Å². The number of nitrogen functional groups attached to an aromatic ring is 1. The lowest BCUT2D eigenvalue weighted by molar-refractivity contribution is 0.449. The molecule has 0 saturated carbocycles. The number of nitrogens with zero attached hydrogens (tertiary/aromatic N) is 1. The number of fused-ring (bicyclic) bond motifs is 1. The zero-order valence-electron chi connectivity index (χ0n) is 11.0. The topological polar surface area (TPSA) is 50.9 Å². The lowest BCUT2D eigenvalue weighted by Crippen LogP contribution is -2.01. The number of nitrogens with two attached hydrogens (primary N) is 1. The van der Waals surface area contributed by atoms with E-state index in [0.29, 0.717) is 21.4 Å². The molecule has 0 atom stereocenters. The van der Waals surface area contributed by atoms with Gasteiger partial charge in [-0.15, -0.1) is 0 Å². The van der Waals surface area contributed by atoms with Crippen LogP contribution in [-0.2, 0) is 0 Å². The van der Waals surface area contributed by atoms with Crippen LogP contribution in [0.5, 0.6) is 0 Å². The van der Waals surface area contributed by atoms with Crippen LogP contribution < -0.4 is 11.1 Å². The number of rotatable bonds is 2. The molecular formula is C15H9BrF3N3. The zero-order valence-corrected chi connectivity index (χ0v) is 12.6. The summed E-state index contributed by atoms with van der Waals surface area (Å²) in [5, 5.41) is 4.10. The minimum Gasteiger partial charge on any atom is -0.399 e. The van der Waals surface area contributed by atoms with Gasteiger partial charge in [0, 0.05) is 27.1 Å². The monoisotopic (exact) mass is 367 g/mol. The fourth-order valence-electron chi connectivity index (χ4n) is 2.08. The number of halogens is 4.